The lowest BCUT2D eigenvalue weighted by molar-refractivity contribution is 0.747. The molecular formula is C48H29N3S2. The van der Waals surface area contributed by atoms with Crippen molar-refractivity contribution in [2.24, 2.45) is 0 Å². The van der Waals surface area contributed by atoms with Gasteiger partial charge in [-0.1, -0.05) is 133 Å². The Balaban J connectivity index is 1.07. The molecule has 7 aromatic carbocycles. The van der Waals surface area contributed by atoms with Crippen LogP contribution in [0, 0.1) is 0 Å². The Bertz CT molecular complexity index is 3200. The largest absolute Gasteiger partial charge is 0.333 e. The SMILES string of the molecule is C1=CC2c3c(c4c5ccccc5sc4c4ccccc34)N(c3ccc(-c4nc(-c5ccc6ccccc6c5)nc5c4sc4ccccc45)cc3)C2C=C1. The molecule has 12 rings (SSSR count). The Labute approximate surface area is 313 Å². The normalized spacial score (nSPS) is 16.5. The van der Waals surface area contributed by atoms with E-state index in [2.05, 4.69) is 169 Å². The van der Waals surface area contributed by atoms with Gasteiger partial charge in [0, 0.05) is 53.0 Å². The summed E-state index contributed by atoms with van der Waals surface area (Å²) in [6.07, 6.45) is 9.22. The molecule has 0 spiro atoms. The quantitative estimate of drug-likeness (QED) is 0.183. The molecule has 3 nitrogen and oxygen atoms in total. The highest BCUT2D eigenvalue weighted by Gasteiger charge is 2.41. The predicted molar refractivity (Wildman–Crippen MR) is 227 cm³/mol. The highest BCUT2D eigenvalue weighted by Crippen LogP contribution is 2.57. The summed E-state index contributed by atoms with van der Waals surface area (Å²) >= 11 is 3.69. The van der Waals surface area contributed by atoms with Crippen molar-refractivity contribution >= 4 is 96.1 Å². The van der Waals surface area contributed by atoms with Crippen LogP contribution < -0.4 is 4.90 Å². The number of aromatic nitrogens is 2. The number of benzene rings is 7. The van der Waals surface area contributed by atoms with Gasteiger partial charge in [0.25, 0.3) is 0 Å². The van der Waals surface area contributed by atoms with Crippen LogP contribution in [-0.2, 0) is 0 Å². The number of hydrogen-bond donors (Lipinski definition) is 0. The van der Waals surface area contributed by atoms with Gasteiger partial charge in [0.05, 0.1) is 27.6 Å². The van der Waals surface area contributed by atoms with Gasteiger partial charge in [-0.25, -0.2) is 9.97 Å². The standard InChI is InChI=1S/C48H29N3S2/c1-2-12-30-27-31(22-21-28(30)11-1)48-49-43(47-44(50-48)37-17-7-10-20-40(37)53-47)29-23-25-32(26-24-29)51-38-18-8-5-15-35(38)41-33-13-3-4-14-34(33)46-42(45(41)51)36-16-6-9-19-39(36)52-46/h1-27,35,38H. The Kier molecular flexibility index (Phi) is 6.21. The van der Waals surface area contributed by atoms with Crippen molar-refractivity contribution < 1.29 is 0 Å². The smallest absolute Gasteiger partial charge is 0.160 e. The summed E-state index contributed by atoms with van der Waals surface area (Å²) in [6.45, 7) is 0. The average molecular weight is 712 g/mol. The van der Waals surface area contributed by atoms with Crippen LogP contribution in [0.25, 0.3) is 84.7 Å². The Morgan fingerprint density at radius 3 is 2.04 bits per heavy atom. The molecule has 0 bridgehead atoms. The molecule has 3 aromatic heterocycles. The molecule has 10 aromatic rings. The van der Waals surface area contributed by atoms with E-state index < -0.39 is 0 Å². The van der Waals surface area contributed by atoms with Crippen molar-refractivity contribution in [2.45, 2.75) is 12.0 Å². The zero-order valence-corrected chi connectivity index (χ0v) is 30.0. The van der Waals surface area contributed by atoms with Gasteiger partial charge in [-0.15, -0.1) is 22.7 Å². The van der Waals surface area contributed by atoms with E-state index in [4.69, 9.17) is 9.97 Å². The van der Waals surface area contributed by atoms with Crippen molar-refractivity contribution in [3.05, 3.63) is 169 Å². The van der Waals surface area contributed by atoms with Crippen molar-refractivity contribution in [2.75, 3.05) is 4.90 Å². The summed E-state index contributed by atoms with van der Waals surface area (Å²) in [5.41, 5.74) is 8.05. The molecule has 0 saturated carbocycles. The van der Waals surface area contributed by atoms with E-state index in [1.54, 1.807) is 11.3 Å². The first-order valence-corrected chi connectivity index (χ1v) is 19.7. The number of hydrogen-bond acceptors (Lipinski definition) is 5. The fraction of sp³-hybridized carbons (Fsp3) is 0.0417. The van der Waals surface area contributed by atoms with E-state index in [1.165, 1.54) is 68.7 Å². The molecule has 0 fully saturated rings. The zero-order chi connectivity index (χ0) is 34.6. The van der Waals surface area contributed by atoms with Crippen LogP contribution >= 0.6 is 22.7 Å². The molecule has 1 aliphatic carbocycles. The predicted octanol–water partition coefficient (Wildman–Crippen LogP) is 13.6. The molecule has 1 aliphatic heterocycles. The van der Waals surface area contributed by atoms with Gasteiger partial charge < -0.3 is 4.90 Å². The third kappa shape index (κ3) is 4.26. The van der Waals surface area contributed by atoms with E-state index in [0.717, 1.165) is 32.9 Å². The van der Waals surface area contributed by atoms with Crippen molar-refractivity contribution in [3.8, 4) is 22.6 Å². The minimum absolute atomic E-state index is 0.182. The second-order valence-electron chi connectivity index (χ2n) is 14.0. The van der Waals surface area contributed by atoms with Gasteiger partial charge in [-0.2, -0.15) is 0 Å². The summed E-state index contributed by atoms with van der Waals surface area (Å²) in [4.78, 5) is 13.2. The molecule has 53 heavy (non-hydrogen) atoms. The van der Waals surface area contributed by atoms with Crippen molar-refractivity contribution in [3.63, 3.8) is 0 Å². The topological polar surface area (TPSA) is 29.0 Å². The molecule has 5 heteroatoms. The number of nitrogens with zero attached hydrogens (tertiary/aromatic N) is 3. The zero-order valence-electron chi connectivity index (χ0n) is 28.4. The first-order valence-electron chi connectivity index (χ1n) is 18.1. The number of anilines is 2. The fourth-order valence-corrected chi connectivity index (χ4v) is 11.2. The van der Waals surface area contributed by atoms with Crippen LogP contribution in [0.2, 0.25) is 0 Å². The van der Waals surface area contributed by atoms with Crippen LogP contribution in [0.5, 0.6) is 0 Å². The lowest BCUT2D eigenvalue weighted by atomic mass is 9.87. The molecule has 4 heterocycles. The minimum atomic E-state index is 0.182. The monoisotopic (exact) mass is 711 g/mol. The summed E-state index contributed by atoms with van der Waals surface area (Å²) < 4.78 is 5.04. The summed E-state index contributed by atoms with van der Waals surface area (Å²) in [5.74, 6) is 1.01. The maximum atomic E-state index is 5.34. The molecule has 2 aliphatic rings. The van der Waals surface area contributed by atoms with Gasteiger partial charge in [-0.05, 0) is 57.4 Å². The van der Waals surface area contributed by atoms with Crippen LogP contribution in [0.15, 0.2) is 164 Å². The van der Waals surface area contributed by atoms with Gasteiger partial charge in [0.2, 0.25) is 0 Å². The van der Waals surface area contributed by atoms with E-state index in [0.29, 0.717) is 0 Å². The lowest BCUT2D eigenvalue weighted by Gasteiger charge is -2.29. The number of rotatable bonds is 3. The third-order valence-electron chi connectivity index (χ3n) is 11.2. The second kappa shape index (κ2) is 11.2. The Hall–Kier alpha value is -6.14. The highest BCUT2D eigenvalue weighted by molar-refractivity contribution is 7.27. The maximum absolute atomic E-state index is 5.34. The molecule has 2 atom stereocenters. The van der Waals surface area contributed by atoms with E-state index in [9.17, 15) is 0 Å². The van der Waals surface area contributed by atoms with Gasteiger partial charge >= 0.3 is 0 Å². The van der Waals surface area contributed by atoms with Crippen molar-refractivity contribution in [1.29, 1.82) is 0 Å². The highest BCUT2D eigenvalue weighted by atomic mass is 32.1. The maximum Gasteiger partial charge on any atom is 0.160 e. The van der Waals surface area contributed by atoms with E-state index in [1.807, 2.05) is 11.3 Å². The molecule has 0 saturated heterocycles. The second-order valence-corrected chi connectivity index (χ2v) is 16.2. The Morgan fingerprint density at radius 1 is 0.528 bits per heavy atom. The summed E-state index contributed by atoms with van der Waals surface area (Å²) in [7, 11) is 0. The van der Waals surface area contributed by atoms with E-state index >= 15 is 0 Å². The molecular weight excluding hydrogens is 683 g/mol. The van der Waals surface area contributed by atoms with Gasteiger partial charge in [0.15, 0.2) is 5.82 Å². The summed E-state index contributed by atoms with van der Waals surface area (Å²) in [6, 6.07) is 50.9. The molecule has 2 unspecified atom stereocenters. The van der Waals surface area contributed by atoms with Crippen LogP contribution in [-0.4, -0.2) is 16.0 Å². The van der Waals surface area contributed by atoms with Crippen LogP contribution in [0.3, 0.4) is 0 Å². The number of allylic oxidation sites excluding steroid dienone is 2. The first kappa shape index (κ1) is 29.4. The molecule has 0 amide bonds. The number of thiophene rings is 2. The van der Waals surface area contributed by atoms with Crippen LogP contribution in [0.1, 0.15) is 11.5 Å². The van der Waals surface area contributed by atoms with E-state index in [-0.39, 0.29) is 12.0 Å². The van der Waals surface area contributed by atoms with Crippen molar-refractivity contribution in [1.82, 2.24) is 9.97 Å². The third-order valence-corrected chi connectivity index (χ3v) is 13.5. The van der Waals surface area contributed by atoms with Crippen LogP contribution in [0.4, 0.5) is 11.4 Å². The molecule has 248 valence electrons. The Morgan fingerprint density at radius 2 is 1.19 bits per heavy atom. The first-order chi connectivity index (χ1) is 26.3. The van der Waals surface area contributed by atoms with Gasteiger partial charge in [0.1, 0.15) is 0 Å². The lowest BCUT2D eigenvalue weighted by Crippen LogP contribution is -2.28. The minimum Gasteiger partial charge on any atom is -0.333 e. The van der Waals surface area contributed by atoms with Gasteiger partial charge in [-0.3, -0.25) is 0 Å². The number of fused-ring (bicyclic) bond motifs is 14. The molecule has 0 N–H and O–H groups in total. The average Bonchev–Trinajstić information content (AvgIpc) is 3.91. The summed E-state index contributed by atoms with van der Waals surface area (Å²) in [5, 5.41) is 8.96. The fourth-order valence-electron chi connectivity index (χ4n) is 8.82. The molecule has 0 radical (unpaired) electrons.